The Bertz CT molecular complexity index is 293. The molecule has 0 aromatic carbocycles. The van der Waals surface area contributed by atoms with Gasteiger partial charge in [0, 0.05) is 0 Å². The third-order valence-electron chi connectivity index (χ3n) is 4.05. The second-order valence-electron chi connectivity index (χ2n) is 5.13. The molecule has 0 aromatic heterocycles. The molecule has 1 aliphatic carbocycles. The summed E-state index contributed by atoms with van der Waals surface area (Å²) in [7, 11) is 0. The van der Waals surface area contributed by atoms with Crippen LogP contribution in [-0.2, 0) is 0 Å². The van der Waals surface area contributed by atoms with Crippen LogP contribution in [0.4, 0.5) is 0 Å². The molecule has 0 saturated carbocycles. The first-order valence-corrected chi connectivity index (χ1v) is 6.54. The normalized spacial score (nSPS) is 35.9. The highest BCUT2D eigenvalue weighted by Crippen LogP contribution is 2.40. The third-order valence-corrected chi connectivity index (χ3v) is 4.05. The van der Waals surface area contributed by atoms with Crippen LogP contribution in [0.25, 0.3) is 0 Å². The van der Waals surface area contributed by atoms with Crippen LogP contribution in [0.3, 0.4) is 0 Å². The Labute approximate surface area is 101 Å². The zero-order chi connectivity index (χ0) is 12.1. The predicted octanol–water partition coefficient (Wildman–Crippen LogP) is 4.99. The summed E-state index contributed by atoms with van der Waals surface area (Å²) in [5.74, 6) is 2.88. The Hall–Kier alpha value is -0.780. The van der Waals surface area contributed by atoms with Gasteiger partial charge in [-0.15, -0.1) is 0 Å². The highest BCUT2D eigenvalue weighted by Gasteiger charge is 2.31. The minimum absolute atomic E-state index is 0.683. The van der Waals surface area contributed by atoms with Crippen molar-refractivity contribution in [2.45, 2.75) is 41.0 Å². The molecule has 4 atom stereocenters. The molecule has 16 heavy (non-hydrogen) atoms. The van der Waals surface area contributed by atoms with Crippen molar-refractivity contribution in [1.29, 1.82) is 0 Å². The highest BCUT2D eigenvalue weighted by atomic mass is 14.4. The highest BCUT2D eigenvalue weighted by molar-refractivity contribution is 5.15. The first-order valence-electron chi connectivity index (χ1n) is 6.54. The summed E-state index contributed by atoms with van der Waals surface area (Å²) >= 11 is 0. The first kappa shape index (κ1) is 13.3. The van der Waals surface area contributed by atoms with E-state index in [4.69, 9.17) is 0 Å². The van der Waals surface area contributed by atoms with E-state index in [1.165, 1.54) is 6.42 Å². The van der Waals surface area contributed by atoms with E-state index in [1.807, 2.05) is 0 Å². The summed E-state index contributed by atoms with van der Waals surface area (Å²) < 4.78 is 0. The number of hydrogen-bond acceptors (Lipinski definition) is 0. The Morgan fingerprint density at radius 1 is 1.12 bits per heavy atom. The van der Waals surface area contributed by atoms with E-state index in [1.54, 1.807) is 5.57 Å². The Morgan fingerprint density at radius 2 is 1.75 bits per heavy atom. The Kier molecular flexibility index (Phi) is 5.05. The van der Waals surface area contributed by atoms with Crippen LogP contribution >= 0.6 is 0 Å². The van der Waals surface area contributed by atoms with Gasteiger partial charge in [-0.1, -0.05) is 49.8 Å². The van der Waals surface area contributed by atoms with Crippen molar-refractivity contribution < 1.29 is 0 Å². The van der Waals surface area contributed by atoms with Crippen LogP contribution in [0.5, 0.6) is 0 Å². The van der Waals surface area contributed by atoms with Crippen LogP contribution in [0, 0.1) is 23.7 Å². The third kappa shape index (κ3) is 2.87. The first-order chi connectivity index (χ1) is 7.61. The minimum Gasteiger partial charge on any atom is -0.0917 e. The van der Waals surface area contributed by atoms with E-state index in [2.05, 4.69) is 65.0 Å². The number of allylic oxidation sites excluding steroid dienone is 6. The number of rotatable bonds is 3. The average Bonchev–Trinajstić information content (AvgIpc) is 2.29. The summed E-state index contributed by atoms with van der Waals surface area (Å²) in [6.07, 6.45) is 12.8. The second kappa shape index (κ2) is 6.08. The lowest BCUT2D eigenvalue weighted by atomic mass is 9.67. The molecule has 0 N–H and O–H groups in total. The van der Waals surface area contributed by atoms with Crippen molar-refractivity contribution in [3.8, 4) is 0 Å². The van der Waals surface area contributed by atoms with E-state index in [0.717, 1.165) is 11.8 Å². The van der Waals surface area contributed by atoms with Crippen LogP contribution in [0.2, 0.25) is 0 Å². The average molecular weight is 218 g/mol. The van der Waals surface area contributed by atoms with Crippen molar-refractivity contribution in [2.24, 2.45) is 23.7 Å². The molecule has 0 heteroatoms. The molecule has 0 aliphatic heterocycles. The van der Waals surface area contributed by atoms with Crippen LogP contribution < -0.4 is 0 Å². The molecule has 0 bridgehead atoms. The molecular formula is C16H26. The Balaban J connectivity index is 2.93. The summed E-state index contributed by atoms with van der Waals surface area (Å²) in [5.41, 5.74) is 1.55. The van der Waals surface area contributed by atoms with Gasteiger partial charge in [0.1, 0.15) is 0 Å². The van der Waals surface area contributed by atoms with E-state index in [-0.39, 0.29) is 0 Å². The van der Waals surface area contributed by atoms with E-state index in [0.29, 0.717) is 11.8 Å². The van der Waals surface area contributed by atoms with Crippen LogP contribution in [-0.4, -0.2) is 0 Å². The molecule has 0 saturated heterocycles. The lowest BCUT2D eigenvalue weighted by molar-refractivity contribution is 0.246. The summed E-state index contributed by atoms with van der Waals surface area (Å²) in [5, 5.41) is 0. The van der Waals surface area contributed by atoms with Gasteiger partial charge in [0.05, 0.1) is 0 Å². The van der Waals surface area contributed by atoms with Gasteiger partial charge in [-0.25, -0.2) is 0 Å². The SMILES string of the molecule is CC=CCC1C(C)C=CC(C)C1C(C)=CC. The second-order valence-corrected chi connectivity index (χ2v) is 5.13. The fourth-order valence-corrected chi connectivity index (χ4v) is 2.93. The molecule has 0 spiro atoms. The van der Waals surface area contributed by atoms with Crippen molar-refractivity contribution in [3.05, 3.63) is 36.0 Å². The summed E-state index contributed by atoms with van der Waals surface area (Å²) in [6.45, 7) is 11.3. The van der Waals surface area contributed by atoms with Gasteiger partial charge in [0.2, 0.25) is 0 Å². The fraction of sp³-hybridized carbons (Fsp3) is 0.625. The maximum absolute atomic E-state index is 2.40. The van der Waals surface area contributed by atoms with Crippen molar-refractivity contribution in [3.63, 3.8) is 0 Å². The molecule has 0 fully saturated rings. The monoisotopic (exact) mass is 218 g/mol. The zero-order valence-electron chi connectivity index (χ0n) is 11.4. The molecule has 90 valence electrons. The van der Waals surface area contributed by atoms with E-state index >= 15 is 0 Å². The molecule has 0 aromatic rings. The van der Waals surface area contributed by atoms with Gasteiger partial charge in [0.15, 0.2) is 0 Å². The predicted molar refractivity (Wildman–Crippen MR) is 73.3 cm³/mol. The van der Waals surface area contributed by atoms with E-state index in [9.17, 15) is 0 Å². The van der Waals surface area contributed by atoms with Crippen molar-refractivity contribution in [1.82, 2.24) is 0 Å². The van der Waals surface area contributed by atoms with Crippen molar-refractivity contribution in [2.75, 3.05) is 0 Å². The summed E-state index contributed by atoms with van der Waals surface area (Å²) in [4.78, 5) is 0. The lowest BCUT2D eigenvalue weighted by Crippen LogP contribution is -2.29. The largest absolute Gasteiger partial charge is 0.0917 e. The van der Waals surface area contributed by atoms with Crippen molar-refractivity contribution >= 4 is 0 Å². The fourth-order valence-electron chi connectivity index (χ4n) is 2.93. The molecular weight excluding hydrogens is 192 g/mol. The molecule has 1 aliphatic rings. The van der Waals surface area contributed by atoms with Gasteiger partial charge in [-0.3, -0.25) is 0 Å². The number of hydrogen-bond donors (Lipinski definition) is 0. The summed E-state index contributed by atoms with van der Waals surface area (Å²) in [6, 6.07) is 0. The lowest BCUT2D eigenvalue weighted by Gasteiger charge is -2.37. The standard InChI is InChI=1S/C16H26/c1-6-8-9-15-13(4)10-11-14(5)16(15)12(3)7-2/h6-8,10-11,13-16H,9H2,1-5H3. The molecule has 0 nitrogen and oxygen atoms in total. The molecule has 0 amide bonds. The van der Waals surface area contributed by atoms with Crippen LogP contribution in [0.1, 0.15) is 41.0 Å². The maximum atomic E-state index is 2.40. The smallest absolute Gasteiger partial charge is 0.0109 e. The molecule has 1 rings (SSSR count). The van der Waals surface area contributed by atoms with E-state index < -0.39 is 0 Å². The van der Waals surface area contributed by atoms with Gasteiger partial charge in [-0.2, -0.15) is 0 Å². The Morgan fingerprint density at radius 3 is 2.31 bits per heavy atom. The quantitative estimate of drug-likeness (QED) is 0.585. The van der Waals surface area contributed by atoms with Crippen LogP contribution in [0.15, 0.2) is 36.0 Å². The topological polar surface area (TPSA) is 0 Å². The molecule has 0 heterocycles. The van der Waals surface area contributed by atoms with Gasteiger partial charge >= 0.3 is 0 Å². The van der Waals surface area contributed by atoms with Gasteiger partial charge < -0.3 is 0 Å². The molecule has 4 unspecified atom stereocenters. The zero-order valence-corrected chi connectivity index (χ0v) is 11.4. The minimum atomic E-state index is 0.683. The van der Waals surface area contributed by atoms with Gasteiger partial charge in [0.25, 0.3) is 0 Å². The maximum Gasteiger partial charge on any atom is -0.0109 e. The van der Waals surface area contributed by atoms with Gasteiger partial charge in [-0.05, 0) is 50.9 Å². The molecule has 0 radical (unpaired) electrons.